The number of thioether (sulfide) groups is 1. The van der Waals surface area contributed by atoms with Gasteiger partial charge in [-0.15, -0.1) is 20.4 Å². The van der Waals surface area contributed by atoms with Crippen molar-refractivity contribution in [3.63, 3.8) is 0 Å². The van der Waals surface area contributed by atoms with Crippen molar-refractivity contribution in [2.24, 2.45) is 0 Å². The van der Waals surface area contributed by atoms with Gasteiger partial charge in [0.2, 0.25) is 11.8 Å². The van der Waals surface area contributed by atoms with Gasteiger partial charge < -0.3 is 8.98 Å². The van der Waals surface area contributed by atoms with Gasteiger partial charge in [0.05, 0.1) is 5.25 Å². The zero-order valence-electron chi connectivity index (χ0n) is 14.5. The van der Waals surface area contributed by atoms with E-state index in [-0.39, 0.29) is 5.25 Å². The van der Waals surface area contributed by atoms with Gasteiger partial charge in [-0.05, 0) is 38.8 Å². The molecule has 0 saturated heterocycles. The Labute approximate surface area is 151 Å². The molecule has 0 N–H and O–H groups in total. The maximum absolute atomic E-state index is 5.89. The summed E-state index contributed by atoms with van der Waals surface area (Å²) in [5.74, 6) is 2.27. The van der Waals surface area contributed by atoms with Crippen LogP contribution in [0.3, 0.4) is 0 Å². The molecule has 0 saturated carbocycles. The quantitative estimate of drug-likeness (QED) is 0.653. The molecule has 0 radical (unpaired) electrons. The minimum absolute atomic E-state index is 0.0308. The SMILES string of the molecule is Cc1ccc(-c2nnc(C(C)Sc3nnc4n3CCCCC4)o2)cc1. The molecule has 25 heavy (non-hydrogen) atoms. The molecular formula is C18H21N5OS. The van der Waals surface area contributed by atoms with Gasteiger partial charge in [-0.25, -0.2) is 0 Å². The molecule has 1 unspecified atom stereocenters. The van der Waals surface area contributed by atoms with E-state index in [1.54, 1.807) is 11.8 Å². The van der Waals surface area contributed by atoms with Crippen LogP contribution in [0.1, 0.15) is 48.7 Å². The van der Waals surface area contributed by atoms with Gasteiger partial charge in [-0.1, -0.05) is 35.9 Å². The highest BCUT2D eigenvalue weighted by Gasteiger charge is 2.21. The van der Waals surface area contributed by atoms with E-state index < -0.39 is 0 Å². The molecule has 2 aromatic heterocycles. The van der Waals surface area contributed by atoms with Gasteiger partial charge in [0, 0.05) is 18.5 Å². The van der Waals surface area contributed by atoms with Crippen molar-refractivity contribution in [1.29, 1.82) is 0 Å². The van der Waals surface area contributed by atoms with Crippen LogP contribution in [0.5, 0.6) is 0 Å². The number of benzene rings is 1. The van der Waals surface area contributed by atoms with Crippen LogP contribution in [-0.2, 0) is 13.0 Å². The molecule has 130 valence electrons. The Bertz CT molecular complexity index is 855. The molecule has 7 heteroatoms. The fourth-order valence-corrected chi connectivity index (χ4v) is 3.89. The summed E-state index contributed by atoms with van der Waals surface area (Å²) in [5.41, 5.74) is 2.15. The van der Waals surface area contributed by atoms with E-state index >= 15 is 0 Å². The standard InChI is InChI=1S/C18H21N5OS/c1-12-7-9-14(10-8-12)17-21-20-16(24-17)13(2)25-18-22-19-15-6-4-3-5-11-23(15)18/h7-10,13H,3-6,11H2,1-2H3. The molecule has 1 atom stereocenters. The first-order valence-corrected chi connectivity index (χ1v) is 9.58. The van der Waals surface area contributed by atoms with Gasteiger partial charge in [-0.3, -0.25) is 0 Å². The van der Waals surface area contributed by atoms with Crippen LogP contribution in [-0.4, -0.2) is 25.0 Å². The Morgan fingerprint density at radius 1 is 1.04 bits per heavy atom. The molecule has 4 rings (SSSR count). The third-order valence-corrected chi connectivity index (χ3v) is 5.51. The van der Waals surface area contributed by atoms with Crippen LogP contribution in [0.2, 0.25) is 0 Å². The van der Waals surface area contributed by atoms with Crippen LogP contribution < -0.4 is 0 Å². The summed E-state index contributed by atoms with van der Waals surface area (Å²) in [6.07, 6.45) is 4.65. The predicted molar refractivity (Wildman–Crippen MR) is 96.3 cm³/mol. The number of hydrogen-bond acceptors (Lipinski definition) is 6. The summed E-state index contributed by atoms with van der Waals surface area (Å²) in [5, 5.41) is 18.1. The van der Waals surface area contributed by atoms with E-state index in [0.717, 1.165) is 29.5 Å². The van der Waals surface area contributed by atoms with Crippen molar-refractivity contribution in [3.05, 3.63) is 41.5 Å². The maximum Gasteiger partial charge on any atom is 0.247 e. The highest BCUT2D eigenvalue weighted by Crippen LogP contribution is 2.35. The van der Waals surface area contributed by atoms with Crippen LogP contribution in [0.4, 0.5) is 0 Å². The van der Waals surface area contributed by atoms with Crippen molar-refractivity contribution in [2.75, 3.05) is 0 Å². The van der Waals surface area contributed by atoms with Crippen molar-refractivity contribution >= 4 is 11.8 Å². The number of hydrogen-bond donors (Lipinski definition) is 0. The Morgan fingerprint density at radius 2 is 1.88 bits per heavy atom. The molecule has 0 amide bonds. The van der Waals surface area contributed by atoms with Gasteiger partial charge in [0.25, 0.3) is 0 Å². The number of aryl methyl sites for hydroxylation is 2. The van der Waals surface area contributed by atoms with Crippen molar-refractivity contribution in [2.45, 2.75) is 56.5 Å². The smallest absolute Gasteiger partial charge is 0.247 e. The second-order valence-corrected chi connectivity index (χ2v) is 7.74. The molecule has 1 aliphatic heterocycles. The Hall–Kier alpha value is -2.15. The van der Waals surface area contributed by atoms with Gasteiger partial charge in [0.1, 0.15) is 5.82 Å². The van der Waals surface area contributed by atoms with Gasteiger partial charge in [-0.2, -0.15) is 0 Å². The van der Waals surface area contributed by atoms with Crippen molar-refractivity contribution in [1.82, 2.24) is 25.0 Å². The molecule has 0 spiro atoms. The lowest BCUT2D eigenvalue weighted by Crippen LogP contribution is -2.03. The fraction of sp³-hybridized carbons (Fsp3) is 0.444. The first-order valence-electron chi connectivity index (χ1n) is 8.70. The second-order valence-electron chi connectivity index (χ2n) is 6.43. The van der Waals surface area contributed by atoms with E-state index in [4.69, 9.17) is 4.42 Å². The number of rotatable bonds is 4. The van der Waals surface area contributed by atoms with Crippen LogP contribution >= 0.6 is 11.8 Å². The van der Waals surface area contributed by atoms with E-state index in [2.05, 4.69) is 38.8 Å². The summed E-state index contributed by atoms with van der Waals surface area (Å²) < 4.78 is 8.13. The minimum atomic E-state index is 0.0308. The summed E-state index contributed by atoms with van der Waals surface area (Å²) in [6, 6.07) is 8.09. The lowest BCUT2D eigenvalue weighted by atomic mass is 10.1. The Balaban J connectivity index is 1.51. The number of fused-ring (bicyclic) bond motifs is 1. The lowest BCUT2D eigenvalue weighted by Gasteiger charge is -2.09. The Kier molecular flexibility index (Phi) is 4.57. The Morgan fingerprint density at radius 3 is 2.72 bits per heavy atom. The van der Waals surface area contributed by atoms with E-state index in [9.17, 15) is 0 Å². The largest absolute Gasteiger partial charge is 0.419 e. The topological polar surface area (TPSA) is 69.6 Å². The number of aromatic nitrogens is 5. The average molecular weight is 355 g/mol. The third kappa shape index (κ3) is 3.46. The average Bonchev–Trinajstić information content (AvgIpc) is 3.17. The molecule has 1 aliphatic rings. The van der Waals surface area contributed by atoms with E-state index in [1.165, 1.54) is 24.8 Å². The third-order valence-electron chi connectivity index (χ3n) is 4.44. The fourth-order valence-electron chi connectivity index (χ4n) is 2.97. The van der Waals surface area contributed by atoms with Crippen LogP contribution in [0.25, 0.3) is 11.5 Å². The number of nitrogens with zero attached hydrogens (tertiary/aromatic N) is 5. The second kappa shape index (κ2) is 7.00. The van der Waals surface area contributed by atoms with Gasteiger partial charge in [0.15, 0.2) is 5.16 Å². The van der Waals surface area contributed by atoms with Crippen LogP contribution in [0.15, 0.2) is 33.8 Å². The molecule has 3 aromatic rings. The summed E-state index contributed by atoms with van der Waals surface area (Å²) >= 11 is 1.63. The first kappa shape index (κ1) is 16.3. The predicted octanol–water partition coefficient (Wildman–Crippen LogP) is 4.22. The van der Waals surface area contributed by atoms with E-state index in [1.807, 2.05) is 24.3 Å². The molecule has 1 aromatic carbocycles. The highest BCUT2D eigenvalue weighted by atomic mass is 32.2. The maximum atomic E-state index is 5.89. The summed E-state index contributed by atoms with van der Waals surface area (Å²) in [4.78, 5) is 0. The summed E-state index contributed by atoms with van der Waals surface area (Å²) in [6.45, 7) is 5.12. The molecule has 0 fully saturated rings. The zero-order chi connectivity index (χ0) is 17.2. The first-order chi connectivity index (χ1) is 12.2. The normalized spacial score (nSPS) is 15.6. The van der Waals surface area contributed by atoms with Crippen molar-refractivity contribution in [3.8, 4) is 11.5 Å². The van der Waals surface area contributed by atoms with Crippen LogP contribution in [0, 0.1) is 6.92 Å². The molecule has 3 heterocycles. The molecule has 6 nitrogen and oxygen atoms in total. The molecule has 0 bridgehead atoms. The molecular weight excluding hydrogens is 334 g/mol. The lowest BCUT2D eigenvalue weighted by molar-refractivity contribution is 0.508. The summed E-state index contributed by atoms with van der Waals surface area (Å²) in [7, 11) is 0. The van der Waals surface area contributed by atoms with E-state index in [0.29, 0.717) is 11.8 Å². The molecule has 0 aliphatic carbocycles. The zero-order valence-corrected chi connectivity index (χ0v) is 15.3. The monoisotopic (exact) mass is 355 g/mol. The van der Waals surface area contributed by atoms with Gasteiger partial charge >= 0.3 is 0 Å². The highest BCUT2D eigenvalue weighted by molar-refractivity contribution is 7.99. The van der Waals surface area contributed by atoms with Crippen molar-refractivity contribution < 1.29 is 4.42 Å². The minimum Gasteiger partial charge on any atom is -0.419 e.